The van der Waals surface area contributed by atoms with Gasteiger partial charge in [-0.25, -0.2) is 13.8 Å². The molecule has 0 amide bonds. The molecule has 118 valence electrons. The SMILES string of the molecule is Fc1cc(F)cc(CN2CCC[C@@H]2c2cccc3nccn23)c1. The van der Waals surface area contributed by atoms with Crippen molar-refractivity contribution in [2.75, 3.05) is 6.54 Å². The second-order valence-electron chi connectivity index (χ2n) is 6.01. The van der Waals surface area contributed by atoms with Gasteiger partial charge in [0.25, 0.3) is 0 Å². The first-order chi connectivity index (χ1) is 11.2. The summed E-state index contributed by atoms with van der Waals surface area (Å²) in [5, 5.41) is 0. The van der Waals surface area contributed by atoms with Crippen molar-refractivity contribution in [1.82, 2.24) is 14.3 Å². The minimum atomic E-state index is -0.521. The highest BCUT2D eigenvalue weighted by Gasteiger charge is 2.27. The molecule has 1 atom stereocenters. The highest BCUT2D eigenvalue weighted by atomic mass is 19.1. The summed E-state index contributed by atoms with van der Waals surface area (Å²) >= 11 is 0. The molecular formula is C18H17F2N3. The van der Waals surface area contributed by atoms with Crippen molar-refractivity contribution in [1.29, 1.82) is 0 Å². The van der Waals surface area contributed by atoms with Gasteiger partial charge in [-0.05, 0) is 49.2 Å². The Labute approximate surface area is 133 Å². The van der Waals surface area contributed by atoms with Crippen molar-refractivity contribution < 1.29 is 8.78 Å². The number of benzene rings is 1. The van der Waals surface area contributed by atoms with E-state index in [9.17, 15) is 8.78 Å². The molecule has 3 heterocycles. The van der Waals surface area contributed by atoms with Crippen LogP contribution in [0, 0.1) is 11.6 Å². The van der Waals surface area contributed by atoms with E-state index in [1.54, 1.807) is 6.20 Å². The van der Waals surface area contributed by atoms with Crippen molar-refractivity contribution in [3.63, 3.8) is 0 Å². The van der Waals surface area contributed by atoms with Gasteiger partial charge < -0.3 is 4.40 Å². The predicted octanol–water partition coefficient (Wildman–Crippen LogP) is 3.95. The normalized spacial score (nSPS) is 18.8. The summed E-state index contributed by atoms with van der Waals surface area (Å²) in [7, 11) is 0. The van der Waals surface area contributed by atoms with Crippen LogP contribution in [0.25, 0.3) is 5.65 Å². The largest absolute Gasteiger partial charge is 0.302 e. The highest BCUT2D eigenvalue weighted by Crippen LogP contribution is 2.33. The Kier molecular flexibility index (Phi) is 3.58. The van der Waals surface area contributed by atoms with Crippen LogP contribution in [-0.2, 0) is 6.54 Å². The molecule has 1 aliphatic heterocycles. The fourth-order valence-electron chi connectivity index (χ4n) is 3.53. The minimum absolute atomic E-state index is 0.235. The lowest BCUT2D eigenvalue weighted by atomic mass is 10.1. The van der Waals surface area contributed by atoms with E-state index in [0.29, 0.717) is 12.1 Å². The van der Waals surface area contributed by atoms with Crippen molar-refractivity contribution in [3.05, 3.63) is 71.7 Å². The summed E-state index contributed by atoms with van der Waals surface area (Å²) in [6.45, 7) is 1.47. The first-order valence-corrected chi connectivity index (χ1v) is 7.82. The van der Waals surface area contributed by atoms with E-state index in [1.807, 2.05) is 18.3 Å². The summed E-state index contributed by atoms with van der Waals surface area (Å²) in [6, 6.07) is 10.1. The fraction of sp³-hybridized carbons (Fsp3) is 0.278. The van der Waals surface area contributed by atoms with Gasteiger partial charge in [0.05, 0.1) is 6.04 Å². The van der Waals surface area contributed by atoms with Crippen LogP contribution in [-0.4, -0.2) is 20.8 Å². The van der Waals surface area contributed by atoms with Crippen LogP contribution < -0.4 is 0 Å². The van der Waals surface area contributed by atoms with Crippen LogP contribution >= 0.6 is 0 Å². The third kappa shape index (κ3) is 2.72. The Balaban J connectivity index is 1.65. The zero-order valence-corrected chi connectivity index (χ0v) is 12.6. The number of hydrogen-bond acceptors (Lipinski definition) is 2. The summed E-state index contributed by atoms with van der Waals surface area (Å²) < 4.78 is 28.9. The molecule has 1 aromatic carbocycles. The fourth-order valence-corrected chi connectivity index (χ4v) is 3.53. The monoisotopic (exact) mass is 313 g/mol. The van der Waals surface area contributed by atoms with Crippen molar-refractivity contribution in [2.24, 2.45) is 0 Å². The standard InChI is InChI=1S/C18H17F2N3/c19-14-9-13(10-15(20)11-14)12-22-7-2-4-16(22)17-3-1-5-18-21-6-8-23(17)18/h1,3,5-6,8-11,16H,2,4,7,12H2/t16-/m1/s1. The van der Waals surface area contributed by atoms with Crippen LogP contribution in [0.1, 0.15) is 30.1 Å². The van der Waals surface area contributed by atoms with Gasteiger partial charge in [0.1, 0.15) is 17.3 Å². The molecule has 0 radical (unpaired) electrons. The number of aromatic nitrogens is 2. The van der Waals surface area contributed by atoms with Crippen LogP contribution in [0.5, 0.6) is 0 Å². The number of hydrogen-bond donors (Lipinski definition) is 0. The molecule has 1 aliphatic rings. The number of pyridine rings is 1. The molecule has 5 heteroatoms. The highest BCUT2D eigenvalue weighted by molar-refractivity contribution is 5.40. The Morgan fingerprint density at radius 1 is 1.13 bits per heavy atom. The molecule has 0 saturated carbocycles. The number of rotatable bonds is 3. The summed E-state index contributed by atoms with van der Waals surface area (Å²) in [6.07, 6.45) is 5.87. The quantitative estimate of drug-likeness (QED) is 0.730. The molecule has 0 spiro atoms. The topological polar surface area (TPSA) is 20.5 Å². The van der Waals surface area contributed by atoms with Crippen molar-refractivity contribution in [3.8, 4) is 0 Å². The molecule has 1 saturated heterocycles. The number of nitrogens with zero attached hydrogens (tertiary/aromatic N) is 3. The predicted molar refractivity (Wildman–Crippen MR) is 83.9 cm³/mol. The van der Waals surface area contributed by atoms with Gasteiger partial charge in [-0.15, -0.1) is 0 Å². The third-order valence-electron chi connectivity index (χ3n) is 4.47. The number of fused-ring (bicyclic) bond motifs is 1. The number of imidazole rings is 1. The maximum atomic E-state index is 13.4. The van der Waals surface area contributed by atoms with Gasteiger partial charge in [0, 0.05) is 30.7 Å². The van der Waals surface area contributed by atoms with Crippen LogP contribution in [0.4, 0.5) is 8.78 Å². The summed E-state index contributed by atoms with van der Waals surface area (Å²) in [5.41, 5.74) is 2.77. The van der Waals surface area contributed by atoms with E-state index < -0.39 is 11.6 Å². The van der Waals surface area contributed by atoms with E-state index in [2.05, 4.69) is 20.4 Å². The van der Waals surface area contributed by atoms with E-state index in [4.69, 9.17) is 0 Å². The average Bonchev–Trinajstić information content (AvgIpc) is 3.14. The zero-order valence-electron chi connectivity index (χ0n) is 12.6. The number of halogens is 2. The molecular weight excluding hydrogens is 296 g/mol. The molecule has 3 aromatic rings. The molecule has 1 fully saturated rings. The van der Waals surface area contributed by atoms with Crippen LogP contribution in [0.2, 0.25) is 0 Å². The van der Waals surface area contributed by atoms with E-state index in [-0.39, 0.29) is 6.04 Å². The maximum absolute atomic E-state index is 13.4. The summed E-state index contributed by atoms with van der Waals surface area (Å²) in [4.78, 5) is 6.61. The van der Waals surface area contributed by atoms with Gasteiger partial charge in [-0.2, -0.15) is 0 Å². The lowest BCUT2D eigenvalue weighted by Gasteiger charge is -2.25. The summed E-state index contributed by atoms with van der Waals surface area (Å²) in [5.74, 6) is -1.04. The lowest BCUT2D eigenvalue weighted by Crippen LogP contribution is -2.24. The Bertz CT molecular complexity index is 823. The Morgan fingerprint density at radius 3 is 2.78 bits per heavy atom. The molecule has 0 aliphatic carbocycles. The van der Waals surface area contributed by atoms with E-state index in [0.717, 1.165) is 31.1 Å². The van der Waals surface area contributed by atoms with Gasteiger partial charge in [0.2, 0.25) is 0 Å². The van der Waals surface area contributed by atoms with Gasteiger partial charge in [-0.1, -0.05) is 6.07 Å². The second-order valence-corrected chi connectivity index (χ2v) is 6.01. The van der Waals surface area contributed by atoms with Crippen LogP contribution in [0.15, 0.2) is 48.8 Å². The molecule has 0 N–H and O–H groups in total. The van der Waals surface area contributed by atoms with Gasteiger partial charge in [-0.3, -0.25) is 4.90 Å². The van der Waals surface area contributed by atoms with Crippen molar-refractivity contribution >= 4 is 5.65 Å². The lowest BCUT2D eigenvalue weighted by molar-refractivity contribution is 0.242. The molecule has 3 nitrogen and oxygen atoms in total. The van der Waals surface area contributed by atoms with E-state index >= 15 is 0 Å². The molecule has 0 bridgehead atoms. The Hall–Kier alpha value is -2.27. The van der Waals surface area contributed by atoms with Gasteiger partial charge in [0.15, 0.2) is 0 Å². The van der Waals surface area contributed by atoms with E-state index in [1.165, 1.54) is 17.8 Å². The Morgan fingerprint density at radius 2 is 1.96 bits per heavy atom. The second kappa shape index (κ2) is 5.74. The maximum Gasteiger partial charge on any atom is 0.136 e. The average molecular weight is 313 g/mol. The minimum Gasteiger partial charge on any atom is -0.302 e. The smallest absolute Gasteiger partial charge is 0.136 e. The number of likely N-dealkylation sites (tertiary alicyclic amines) is 1. The first-order valence-electron chi connectivity index (χ1n) is 7.82. The zero-order chi connectivity index (χ0) is 15.8. The third-order valence-corrected chi connectivity index (χ3v) is 4.47. The van der Waals surface area contributed by atoms with Crippen molar-refractivity contribution in [2.45, 2.75) is 25.4 Å². The van der Waals surface area contributed by atoms with Crippen LogP contribution in [0.3, 0.4) is 0 Å². The van der Waals surface area contributed by atoms with Gasteiger partial charge >= 0.3 is 0 Å². The molecule has 2 aromatic heterocycles. The first kappa shape index (κ1) is 14.3. The molecule has 4 rings (SSSR count). The molecule has 23 heavy (non-hydrogen) atoms. The molecule has 0 unspecified atom stereocenters.